The summed E-state index contributed by atoms with van der Waals surface area (Å²) in [6, 6.07) is 0. The van der Waals surface area contributed by atoms with Crippen LogP contribution in [0.25, 0.3) is 0 Å². The fourth-order valence-electron chi connectivity index (χ4n) is 2.25. The van der Waals surface area contributed by atoms with Crippen LogP contribution in [0.3, 0.4) is 0 Å². The van der Waals surface area contributed by atoms with Crippen LogP contribution < -0.4 is 0 Å². The summed E-state index contributed by atoms with van der Waals surface area (Å²) in [6.45, 7) is 4.65. The highest BCUT2D eigenvalue weighted by Gasteiger charge is 2.01. The molecule has 0 bridgehead atoms. The molecule has 0 aromatic carbocycles. The maximum atomic E-state index is 8.50. The predicted octanol–water partition coefficient (Wildman–Crippen LogP) is 6.01. The molecule has 0 saturated carbocycles. The Bertz CT molecular complexity index is 163. The molecule has 17 heavy (non-hydrogen) atoms. The molecule has 0 aliphatic heterocycles. The maximum absolute atomic E-state index is 8.50. The lowest BCUT2D eigenvalue weighted by molar-refractivity contribution is 0.437. The molecular formula is C16H32O. The molecule has 1 heteroatoms. The Morgan fingerprint density at radius 2 is 1.47 bits per heavy atom. The van der Waals surface area contributed by atoms with Gasteiger partial charge in [0.2, 0.25) is 0 Å². The summed E-state index contributed by atoms with van der Waals surface area (Å²) in [7, 11) is 0. The summed E-state index contributed by atoms with van der Waals surface area (Å²) in [6.07, 6.45) is 17.8. The SMILES string of the molecule is CCCCCCCCC(C)CCCCC=CO. The quantitative estimate of drug-likeness (QED) is 0.327. The molecule has 1 unspecified atom stereocenters. The molecular weight excluding hydrogens is 208 g/mol. The number of aliphatic hydroxyl groups is 1. The summed E-state index contributed by atoms with van der Waals surface area (Å²) in [5, 5.41) is 8.50. The van der Waals surface area contributed by atoms with Gasteiger partial charge in [-0.1, -0.05) is 77.7 Å². The molecule has 0 aliphatic rings. The number of rotatable bonds is 12. The van der Waals surface area contributed by atoms with Crippen molar-refractivity contribution in [2.24, 2.45) is 5.92 Å². The van der Waals surface area contributed by atoms with Gasteiger partial charge in [0.1, 0.15) is 0 Å². The molecule has 0 aromatic rings. The summed E-state index contributed by atoms with van der Waals surface area (Å²) in [4.78, 5) is 0. The zero-order valence-corrected chi connectivity index (χ0v) is 12.0. The van der Waals surface area contributed by atoms with Gasteiger partial charge in [0, 0.05) is 0 Å². The fourth-order valence-corrected chi connectivity index (χ4v) is 2.25. The van der Waals surface area contributed by atoms with Crippen LogP contribution >= 0.6 is 0 Å². The van der Waals surface area contributed by atoms with E-state index in [9.17, 15) is 0 Å². The topological polar surface area (TPSA) is 20.2 Å². The van der Waals surface area contributed by atoms with Gasteiger partial charge < -0.3 is 5.11 Å². The first-order chi connectivity index (χ1) is 8.31. The average molecular weight is 240 g/mol. The maximum Gasteiger partial charge on any atom is 0.0751 e. The van der Waals surface area contributed by atoms with E-state index in [0.29, 0.717) is 0 Å². The van der Waals surface area contributed by atoms with Crippen molar-refractivity contribution in [3.63, 3.8) is 0 Å². The zero-order chi connectivity index (χ0) is 12.8. The van der Waals surface area contributed by atoms with Crippen LogP contribution in [0.15, 0.2) is 12.3 Å². The smallest absolute Gasteiger partial charge is 0.0751 e. The van der Waals surface area contributed by atoms with Crippen molar-refractivity contribution in [1.29, 1.82) is 0 Å². The zero-order valence-electron chi connectivity index (χ0n) is 12.0. The normalized spacial score (nSPS) is 13.3. The number of hydrogen-bond donors (Lipinski definition) is 1. The third-order valence-corrected chi connectivity index (χ3v) is 3.47. The Balaban J connectivity index is 3.14. The van der Waals surface area contributed by atoms with Crippen molar-refractivity contribution in [2.45, 2.75) is 84.5 Å². The van der Waals surface area contributed by atoms with Crippen LogP contribution in [-0.2, 0) is 0 Å². The van der Waals surface area contributed by atoms with E-state index in [1.807, 2.05) is 6.08 Å². The van der Waals surface area contributed by atoms with Crippen molar-refractivity contribution in [2.75, 3.05) is 0 Å². The second-order valence-corrected chi connectivity index (χ2v) is 5.33. The minimum absolute atomic E-state index is 0.888. The largest absolute Gasteiger partial charge is 0.516 e. The molecule has 0 fully saturated rings. The highest BCUT2D eigenvalue weighted by atomic mass is 16.2. The van der Waals surface area contributed by atoms with Gasteiger partial charge in [0.15, 0.2) is 0 Å². The lowest BCUT2D eigenvalue weighted by atomic mass is 9.96. The van der Waals surface area contributed by atoms with E-state index < -0.39 is 0 Å². The second kappa shape index (κ2) is 13.6. The molecule has 0 rings (SSSR count). The molecule has 0 heterocycles. The molecule has 102 valence electrons. The van der Waals surface area contributed by atoms with Crippen molar-refractivity contribution >= 4 is 0 Å². The molecule has 0 aliphatic carbocycles. The first kappa shape index (κ1) is 16.5. The Hall–Kier alpha value is -0.460. The average Bonchev–Trinajstić information content (AvgIpc) is 2.33. The molecule has 1 atom stereocenters. The Morgan fingerprint density at radius 3 is 2.12 bits per heavy atom. The fraction of sp³-hybridized carbons (Fsp3) is 0.875. The van der Waals surface area contributed by atoms with Gasteiger partial charge >= 0.3 is 0 Å². The van der Waals surface area contributed by atoms with Crippen LogP contribution in [0.2, 0.25) is 0 Å². The Labute approximate surface area is 108 Å². The highest BCUT2D eigenvalue weighted by molar-refractivity contribution is 4.71. The predicted molar refractivity (Wildman–Crippen MR) is 77.4 cm³/mol. The van der Waals surface area contributed by atoms with Crippen LogP contribution in [0.5, 0.6) is 0 Å². The molecule has 0 saturated heterocycles. The van der Waals surface area contributed by atoms with E-state index in [-0.39, 0.29) is 0 Å². The molecule has 0 spiro atoms. The number of hydrogen-bond acceptors (Lipinski definition) is 1. The van der Waals surface area contributed by atoms with Crippen LogP contribution in [0.1, 0.15) is 84.5 Å². The number of allylic oxidation sites excluding steroid dienone is 1. The van der Waals surface area contributed by atoms with E-state index in [1.165, 1.54) is 70.5 Å². The summed E-state index contributed by atoms with van der Waals surface area (Å²) in [5.74, 6) is 0.888. The van der Waals surface area contributed by atoms with Gasteiger partial charge in [-0.05, 0) is 18.8 Å². The number of aliphatic hydroxyl groups excluding tert-OH is 1. The van der Waals surface area contributed by atoms with Crippen molar-refractivity contribution in [3.8, 4) is 0 Å². The van der Waals surface area contributed by atoms with Gasteiger partial charge in [-0.3, -0.25) is 0 Å². The van der Waals surface area contributed by atoms with Crippen molar-refractivity contribution < 1.29 is 5.11 Å². The van der Waals surface area contributed by atoms with Crippen LogP contribution in [-0.4, -0.2) is 5.11 Å². The molecule has 1 nitrogen and oxygen atoms in total. The van der Waals surface area contributed by atoms with Gasteiger partial charge in [0.25, 0.3) is 0 Å². The van der Waals surface area contributed by atoms with Crippen LogP contribution in [0, 0.1) is 5.92 Å². The number of unbranched alkanes of at least 4 members (excludes halogenated alkanes) is 7. The summed E-state index contributed by atoms with van der Waals surface area (Å²) >= 11 is 0. The first-order valence-electron chi connectivity index (χ1n) is 7.60. The minimum atomic E-state index is 0.888. The van der Waals surface area contributed by atoms with E-state index in [1.54, 1.807) is 0 Å². The van der Waals surface area contributed by atoms with E-state index in [0.717, 1.165) is 12.3 Å². The van der Waals surface area contributed by atoms with Gasteiger partial charge in [-0.25, -0.2) is 0 Å². The van der Waals surface area contributed by atoms with Crippen molar-refractivity contribution in [1.82, 2.24) is 0 Å². The van der Waals surface area contributed by atoms with Gasteiger partial charge in [-0.2, -0.15) is 0 Å². The molecule has 0 amide bonds. The Kier molecular flexibility index (Phi) is 13.2. The van der Waals surface area contributed by atoms with Gasteiger partial charge in [-0.15, -0.1) is 0 Å². The molecule has 1 N–H and O–H groups in total. The van der Waals surface area contributed by atoms with Crippen LogP contribution in [0.4, 0.5) is 0 Å². The Morgan fingerprint density at radius 1 is 0.882 bits per heavy atom. The second-order valence-electron chi connectivity index (χ2n) is 5.33. The summed E-state index contributed by atoms with van der Waals surface area (Å²) in [5.41, 5.74) is 0. The lowest BCUT2D eigenvalue weighted by Crippen LogP contribution is -1.94. The lowest BCUT2D eigenvalue weighted by Gasteiger charge is -2.10. The molecule has 0 radical (unpaired) electrons. The van der Waals surface area contributed by atoms with Crippen molar-refractivity contribution in [3.05, 3.63) is 12.3 Å². The molecule has 0 aromatic heterocycles. The van der Waals surface area contributed by atoms with E-state index in [4.69, 9.17) is 5.11 Å². The third-order valence-electron chi connectivity index (χ3n) is 3.47. The monoisotopic (exact) mass is 240 g/mol. The van der Waals surface area contributed by atoms with Gasteiger partial charge in [0.05, 0.1) is 6.26 Å². The minimum Gasteiger partial charge on any atom is -0.516 e. The summed E-state index contributed by atoms with van der Waals surface area (Å²) < 4.78 is 0. The third kappa shape index (κ3) is 13.5. The highest BCUT2D eigenvalue weighted by Crippen LogP contribution is 2.17. The first-order valence-corrected chi connectivity index (χ1v) is 7.60. The van der Waals surface area contributed by atoms with E-state index in [2.05, 4.69) is 13.8 Å². The van der Waals surface area contributed by atoms with E-state index >= 15 is 0 Å². The standard InChI is InChI=1S/C16H32O/c1-3-4-5-6-7-10-13-16(2)14-11-8-9-12-15-17/h12,15-17H,3-11,13-14H2,1-2H3.